The second-order valence-corrected chi connectivity index (χ2v) is 1.73. The molecule has 0 aromatic carbocycles. The molecule has 0 aliphatic carbocycles. The number of carbonyl (C=O) groups excluding carboxylic acids is 1. The normalized spacial score (nSPS) is 7.78. The molecule has 1 aromatic rings. The molecule has 2 nitrogen and oxygen atoms in total. The summed E-state index contributed by atoms with van der Waals surface area (Å²) in [6.45, 7) is 5.95. The third-order valence-corrected chi connectivity index (χ3v) is 0.862. The van der Waals surface area contributed by atoms with Gasteiger partial charge in [-0.3, -0.25) is 0 Å². The first-order chi connectivity index (χ1) is 4.29. The first kappa shape index (κ1) is 7.95. The number of hydrogen-bond donors (Lipinski definition) is 0. The zero-order valence-corrected chi connectivity index (χ0v) is 5.68. The van der Waals surface area contributed by atoms with Crippen LogP contribution in [0.5, 0.6) is 0 Å². The van der Waals surface area contributed by atoms with E-state index in [2.05, 4.69) is 0 Å². The van der Waals surface area contributed by atoms with E-state index in [-0.39, 0.29) is 0 Å². The Morgan fingerprint density at radius 1 is 1.44 bits per heavy atom. The molecule has 1 heterocycles. The van der Waals surface area contributed by atoms with Crippen LogP contribution in [0, 0.1) is 13.8 Å². The summed E-state index contributed by atoms with van der Waals surface area (Å²) in [5.74, 6) is 0.984. The Morgan fingerprint density at radius 2 is 2.00 bits per heavy atom. The summed E-state index contributed by atoms with van der Waals surface area (Å²) < 4.78 is 4.96. The lowest BCUT2D eigenvalue weighted by molar-refractivity contribution is -0.0979. The Hall–Kier alpha value is -1.05. The summed E-state index contributed by atoms with van der Waals surface area (Å²) in [7, 11) is 0. The van der Waals surface area contributed by atoms with Gasteiger partial charge in [-0.05, 0) is 25.5 Å². The number of hydrogen-bond acceptors (Lipinski definition) is 2. The van der Waals surface area contributed by atoms with E-state index in [0.29, 0.717) is 0 Å². The summed E-state index contributed by atoms with van der Waals surface area (Å²) >= 11 is 0. The Balaban J connectivity index is 0.000000291. The van der Waals surface area contributed by atoms with E-state index in [0.717, 1.165) is 5.76 Å². The summed E-state index contributed by atoms with van der Waals surface area (Å²) in [6, 6.07) is 2.00. The van der Waals surface area contributed by atoms with Gasteiger partial charge in [0.1, 0.15) is 12.5 Å². The van der Waals surface area contributed by atoms with E-state index in [1.54, 1.807) is 6.26 Å². The molecule has 0 unspecified atom stereocenters. The van der Waals surface area contributed by atoms with Crippen LogP contribution in [0.1, 0.15) is 11.3 Å². The Bertz CT molecular complexity index is 151. The van der Waals surface area contributed by atoms with Crippen molar-refractivity contribution >= 4 is 6.79 Å². The van der Waals surface area contributed by atoms with Crippen molar-refractivity contribution in [2.75, 3.05) is 0 Å². The molecule has 1 rings (SSSR count). The van der Waals surface area contributed by atoms with Gasteiger partial charge in [0.15, 0.2) is 0 Å². The predicted molar refractivity (Wildman–Crippen MR) is 35.3 cm³/mol. The largest absolute Gasteiger partial charge is 0.469 e. The molecule has 1 aromatic heterocycles. The fraction of sp³-hybridized carbons (Fsp3) is 0.286. The van der Waals surface area contributed by atoms with E-state index >= 15 is 0 Å². The van der Waals surface area contributed by atoms with Crippen LogP contribution in [0.15, 0.2) is 16.7 Å². The highest BCUT2D eigenvalue weighted by molar-refractivity contribution is 5.11. The van der Waals surface area contributed by atoms with Crippen molar-refractivity contribution in [1.29, 1.82) is 0 Å². The van der Waals surface area contributed by atoms with Gasteiger partial charge in [0.25, 0.3) is 0 Å². The van der Waals surface area contributed by atoms with Gasteiger partial charge in [-0.25, -0.2) is 0 Å². The second-order valence-electron chi connectivity index (χ2n) is 1.73. The topological polar surface area (TPSA) is 30.2 Å². The highest BCUT2D eigenvalue weighted by atomic mass is 16.3. The molecule has 0 radical (unpaired) electrons. The SMILES string of the molecule is C=O.Cc1coc(C)c1. The lowest BCUT2D eigenvalue weighted by Gasteiger charge is -1.69. The average Bonchev–Trinajstić information content (AvgIpc) is 2.20. The molecule has 0 aliphatic rings. The summed E-state index contributed by atoms with van der Waals surface area (Å²) in [6.07, 6.45) is 1.75. The maximum absolute atomic E-state index is 8.00. The van der Waals surface area contributed by atoms with Crippen LogP contribution >= 0.6 is 0 Å². The molecule has 2 heteroatoms. The van der Waals surface area contributed by atoms with E-state index < -0.39 is 0 Å². The van der Waals surface area contributed by atoms with Gasteiger partial charge in [0.2, 0.25) is 0 Å². The van der Waals surface area contributed by atoms with Crippen LogP contribution in [-0.4, -0.2) is 6.79 Å². The maximum atomic E-state index is 8.00. The second kappa shape index (κ2) is 3.89. The highest BCUT2D eigenvalue weighted by Crippen LogP contribution is 2.02. The smallest absolute Gasteiger partial charge is 0.106 e. The Kier molecular flexibility index (Phi) is 3.44. The minimum Gasteiger partial charge on any atom is -0.469 e. The molecule has 0 aliphatic heterocycles. The third kappa shape index (κ3) is 2.69. The Labute approximate surface area is 54.5 Å². The van der Waals surface area contributed by atoms with Gasteiger partial charge in [-0.2, -0.15) is 0 Å². The molecular formula is C7H10O2. The van der Waals surface area contributed by atoms with Gasteiger partial charge < -0.3 is 9.21 Å². The molecule has 0 saturated heterocycles. The van der Waals surface area contributed by atoms with Crippen LogP contribution in [0.2, 0.25) is 0 Å². The third-order valence-electron chi connectivity index (χ3n) is 0.862. The van der Waals surface area contributed by atoms with E-state index in [1.165, 1.54) is 5.56 Å². The van der Waals surface area contributed by atoms with Crippen LogP contribution in [0.25, 0.3) is 0 Å². The van der Waals surface area contributed by atoms with Crippen LogP contribution < -0.4 is 0 Å². The van der Waals surface area contributed by atoms with Crippen molar-refractivity contribution in [3.05, 3.63) is 23.7 Å². The van der Waals surface area contributed by atoms with Crippen molar-refractivity contribution in [2.45, 2.75) is 13.8 Å². The highest BCUT2D eigenvalue weighted by Gasteiger charge is 1.85. The van der Waals surface area contributed by atoms with Crippen molar-refractivity contribution in [1.82, 2.24) is 0 Å². The fourth-order valence-electron chi connectivity index (χ4n) is 0.575. The van der Waals surface area contributed by atoms with Gasteiger partial charge in [-0.15, -0.1) is 0 Å². The first-order valence-electron chi connectivity index (χ1n) is 2.59. The molecule has 9 heavy (non-hydrogen) atoms. The minimum atomic E-state index is 0.984. The number of carbonyl (C=O) groups is 1. The monoisotopic (exact) mass is 126 g/mol. The molecular weight excluding hydrogens is 116 g/mol. The summed E-state index contributed by atoms with van der Waals surface area (Å²) in [4.78, 5) is 8.00. The van der Waals surface area contributed by atoms with Crippen LogP contribution in [-0.2, 0) is 4.79 Å². The molecule has 0 saturated carbocycles. The summed E-state index contributed by atoms with van der Waals surface area (Å²) in [5.41, 5.74) is 1.19. The van der Waals surface area contributed by atoms with Crippen LogP contribution in [0.3, 0.4) is 0 Å². The zero-order chi connectivity index (χ0) is 7.28. The van der Waals surface area contributed by atoms with Crippen molar-refractivity contribution in [3.63, 3.8) is 0 Å². The summed E-state index contributed by atoms with van der Waals surface area (Å²) in [5, 5.41) is 0. The molecule has 0 spiro atoms. The molecule has 0 fully saturated rings. The van der Waals surface area contributed by atoms with Crippen molar-refractivity contribution in [3.8, 4) is 0 Å². The average molecular weight is 126 g/mol. The van der Waals surface area contributed by atoms with Gasteiger partial charge >= 0.3 is 0 Å². The molecule has 50 valence electrons. The number of rotatable bonds is 0. The first-order valence-corrected chi connectivity index (χ1v) is 2.59. The molecule has 0 N–H and O–H groups in total. The van der Waals surface area contributed by atoms with Crippen LogP contribution in [0.4, 0.5) is 0 Å². The van der Waals surface area contributed by atoms with E-state index in [1.807, 2.05) is 26.7 Å². The molecule has 0 amide bonds. The minimum absolute atomic E-state index is 0.984. The Morgan fingerprint density at radius 3 is 2.11 bits per heavy atom. The number of furan rings is 1. The van der Waals surface area contributed by atoms with Crippen molar-refractivity contribution < 1.29 is 9.21 Å². The number of aryl methyl sites for hydroxylation is 2. The predicted octanol–water partition coefficient (Wildman–Crippen LogP) is 1.71. The zero-order valence-electron chi connectivity index (χ0n) is 5.68. The molecule has 0 bridgehead atoms. The molecule has 0 atom stereocenters. The van der Waals surface area contributed by atoms with E-state index in [9.17, 15) is 0 Å². The van der Waals surface area contributed by atoms with Gasteiger partial charge in [0, 0.05) is 0 Å². The lowest BCUT2D eigenvalue weighted by Crippen LogP contribution is -1.53. The lowest BCUT2D eigenvalue weighted by atomic mass is 10.4. The van der Waals surface area contributed by atoms with E-state index in [4.69, 9.17) is 9.21 Å². The van der Waals surface area contributed by atoms with Gasteiger partial charge in [-0.1, -0.05) is 0 Å². The van der Waals surface area contributed by atoms with Gasteiger partial charge in [0.05, 0.1) is 6.26 Å². The van der Waals surface area contributed by atoms with Crippen molar-refractivity contribution in [2.24, 2.45) is 0 Å². The maximum Gasteiger partial charge on any atom is 0.106 e. The quantitative estimate of drug-likeness (QED) is 0.529. The fourth-order valence-corrected chi connectivity index (χ4v) is 0.575. The standard InChI is InChI=1S/C6H8O.CH2O/c1-5-3-6(2)7-4-5;1-2/h3-4H,1-2H3;1H2.